The summed E-state index contributed by atoms with van der Waals surface area (Å²) in [6.45, 7) is 1.60. The van der Waals surface area contributed by atoms with Crippen molar-refractivity contribution in [1.29, 1.82) is 0 Å². The first-order valence-electron chi connectivity index (χ1n) is 9.35. The molecular weight excluding hydrogens is 330 g/mol. The van der Waals surface area contributed by atoms with Gasteiger partial charge in [0.05, 0.1) is 5.92 Å². The van der Waals surface area contributed by atoms with E-state index in [9.17, 15) is 14.4 Å². The van der Waals surface area contributed by atoms with E-state index in [4.69, 9.17) is 4.74 Å². The number of para-hydroxylation sites is 1. The summed E-state index contributed by atoms with van der Waals surface area (Å²) in [6, 6.07) is 7.61. The minimum Gasteiger partial charge on any atom is -0.457 e. The number of fused-ring (bicyclic) bond motifs is 3. The molecule has 1 aromatic carbocycles. The lowest BCUT2D eigenvalue weighted by Gasteiger charge is -2.36. The standard InChI is InChI=1S/C21H23NO4/c1-12-19(16-7-2-3-8-17(16)22-12)18(23)11-26-21(25)15-9-13-5-4-6-14(10-15)20(13)24/h2-3,7-8,13-15,22H,4-6,9-11H2,1H3. The van der Waals surface area contributed by atoms with Gasteiger partial charge in [0.2, 0.25) is 5.78 Å². The van der Waals surface area contributed by atoms with Gasteiger partial charge in [-0.15, -0.1) is 0 Å². The Labute approximate surface area is 152 Å². The lowest BCUT2D eigenvalue weighted by atomic mass is 9.67. The van der Waals surface area contributed by atoms with Crippen LogP contribution in [0.1, 0.15) is 48.2 Å². The Balaban J connectivity index is 1.42. The first-order chi connectivity index (χ1) is 12.5. The number of carbonyl (C=O) groups is 3. The van der Waals surface area contributed by atoms with Gasteiger partial charge in [0, 0.05) is 34.0 Å². The van der Waals surface area contributed by atoms with Crippen LogP contribution in [0.25, 0.3) is 10.9 Å². The summed E-state index contributed by atoms with van der Waals surface area (Å²) >= 11 is 0. The monoisotopic (exact) mass is 353 g/mol. The van der Waals surface area contributed by atoms with E-state index in [1.807, 2.05) is 31.2 Å². The van der Waals surface area contributed by atoms with Gasteiger partial charge >= 0.3 is 5.97 Å². The highest BCUT2D eigenvalue weighted by Gasteiger charge is 2.41. The molecule has 5 nitrogen and oxygen atoms in total. The van der Waals surface area contributed by atoms with Gasteiger partial charge in [0.1, 0.15) is 5.78 Å². The quantitative estimate of drug-likeness (QED) is 0.673. The fraction of sp³-hybridized carbons (Fsp3) is 0.476. The normalized spacial score (nSPS) is 25.3. The Morgan fingerprint density at radius 3 is 2.58 bits per heavy atom. The molecular formula is C21H23NO4. The number of aromatic nitrogens is 1. The van der Waals surface area contributed by atoms with Crippen molar-refractivity contribution in [2.75, 3.05) is 6.61 Å². The number of rotatable bonds is 4. The van der Waals surface area contributed by atoms with Crippen LogP contribution in [0.15, 0.2) is 24.3 Å². The van der Waals surface area contributed by atoms with Crippen LogP contribution in [0.3, 0.4) is 0 Å². The highest BCUT2D eigenvalue weighted by molar-refractivity contribution is 6.10. The average Bonchev–Trinajstić information content (AvgIpc) is 2.95. The van der Waals surface area contributed by atoms with Crippen molar-refractivity contribution in [3.8, 4) is 0 Å². The van der Waals surface area contributed by atoms with E-state index in [-0.39, 0.29) is 36.1 Å². The summed E-state index contributed by atoms with van der Waals surface area (Å²) in [5.41, 5.74) is 2.27. The zero-order valence-corrected chi connectivity index (χ0v) is 14.9. The number of ether oxygens (including phenoxy) is 1. The van der Waals surface area contributed by atoms with Gasteiger partial charge in [0.15, 0.2) is 6.61 Å². The van der Waals surface area contributed by atoms with E-state index in [0.29, 0.717) is 24.2 Å². The number of H-pyrrole nitrogens is 1. The van der Waals surface area contributed by atoms with Gasteiger partial charge in [-0.3, -0.25) is 14.4 Å². The molecule has 26 heavy (non-hydrogen) atoms. The molecule has 2 unspecified atom stereocenters. The van der Waals surface area contributed by atoms with Crippen LogP contribution in [0.4, 0.5) is 0 Å². The smallest absolute Gasteiger partial charge is 0.309 e. The van der Waals surface area contributed by atoms with Crippen LogP contribution < -0.4 is 0 Å². The summed E-state index contributed by atoms with van der Waals surface area (Å²) in [6.07, 6.45) is 3.99. The first-order valence-corrected chi connectivity index (χ1v) is 9.35. The molecule has 5 heteroatoms. The maximum Gasteiger partial charge on any atom is 0.309 e. The van der Waals surface area contributed by atoms with Crippen molar-refractivity contribution in [3.05, 3.63) is 35.5 Å². The average molecular weight is 353 g/mol. The van der Waals surface area contributed by atoms with Crippen LogP contribution in [-0.4, -0.2) is 29.1 Å². The Hall–Kier alpha value is -2.43. The second kappa shape index (κ2) is 6.71. The Kier molecular flexibility index (Phi) is 4.39. The molecule has 2 atom stereocenters. The van der Waals surface area contributed by atoms with Gasteiger partial charge in [-0.05, 0) is 38.7 Å². The summed E-state index contributed by atoms with van der Waals surface area (Å²) in [7, 11) is 0. The van der Waals surface area contributed by atoms with Gasteiger partial charge in [0.25, 0.3) is 0 Å². The Morgan fingerprint density at radius 2 is 1.85 bits per heavy atom. The van der Waals surface area contributed by atoms with Crippen molar-refractivity contribution in [2.45, 2.75) is 39.0 Å². The summed E-state index contributed by atoms with van der Waals surface area (Å²) in [5.74, 6) is -0.440. The SMILES string of the molecule is Cc1[nH]c2ccccc2c1C(=O)COC(=O)C1CC2CCCC(C1)C2=O. The van der Waals surface area contributed by atoms with E-state index in [0.717, 1.165) is 35.9 Å². The van der Waals surface area contributed by atoms with E-state index in [2.05, 4.69) is 4.98 Å². The molecule has 0 spiro atoms. The fourth-order valence-electron chi connectivity index (χ4n) is 4.63. The van der Waals surface area contributed by atoms with Crippen LogP contribution in [0.5, 0.6) is 0 Å². The number of hydrogen-bond acceptors (Lipinski definition) is 4. The number of hydrogen-bond donors (Lipinski definition) is 1. The molecule has 136 valence electrons. The van der Waals surface area contributed by atoms with Gasteiger partial charge in [-0.2, -0.15) is 0 Å². The molecule has 0 radical (unpaired) electrons. The number of aromatic amines is 1. The van der Waals surface area contributed by atoms with Gasteiger partial charge < -0.3 is 9.72 Å². The second-order valence-corrected chi connectivity index (χ2v) is 7.60. The zero-order valence-electron chi connectivity index (χ0n) is 14.9. The molecule has 1 N–H and O–H groups in total. The largest absolute Gasteiger partial charge is 0.457 e. The zero-order chi connectivity index (χ0) is 18.3. The molecule has 2 aliphatic rings. The summed E-state index contributed by atoms with van der Waals surface area (Å²) < 4.78 is 5.36. The van der Waals surface area contributed by atoms with Crippen molar-refractivity contribution < 1.29 is 19.1 Å². The third-order valence-electron chi connectivity index (χ3n) is 5.90. The summed E-state index contributed by atoms with van der Waals surface area (Å²) in [5, 5.41) is 0.851. The predicted molar refractivity (Wildman–Crippen MR) is 96.9 cm³/mol. The van der Waals surface area contributed by atoms with Crippen LogP contribution in [0.2, 0.25) is 0 Å². The lowest BCUT2D eigenvalue weighted by Crippen LogP contribution is -2.39. The molecule has 0 saturated heterocycles. The predicted octanol–water partition coefficient (Wildman–Crippen LogP) is 3.60. The number of aryl methyl sites for hydroxylation is 1. The number of esters is 1. The maximum absolute atomic E-state index is 12.6. The van der Waals surface area contributed by atoms with Crippen LogP contribution in [-0.2, 0) is 14.3 Å². The number of Topliss-reactive ketones (excluding diaryl/α,β-unsaturated/α-hetero) is 2. The fourth-order valence-corrected chi connectivity index (χ4v) is 4.63. The molecule has 4 rings (SSSR count). The molecule has 2 aliphatic carbocycles. The molecule has 1 aromatic heterocycles. The number of benzene rings is 1. The van der Waals surface area contributed by atoms with Crippen molar-refractivity contribution in [1.82, 2.24) is 4.98 Å². The summed E-state index contributed by atoms with van der Waals surface area (Å²) in [4.78, 5) is 40.4. The van der Waals surface area contributed by atoms with E-state index in [1.54, 1.807) is 0 Å². The number of ketones is 2. The molecule has 1 heterocycles. The highest BCUT2D eigenvalue weighted by atomic mass is 16.5. The van der Waals surface area contributed by atoms with Crippen molar-refractivity contribution in [2.24, 2.45) is 17.8 Å². The third-order valence-corrected chi connectivity index (χ3v) is 5.90. The first kappa shape index (κ1) is 17.0. The van der Waals surface area contributed by atoms with Crippen LogP contribution in [0, 0.1) is 24.7 Å². The van der Waals surface area contributed by atoms with Crippen LogP contribution >= 0.6 is 0 Å². The molecule has 2 saturated carbocycles. The third kappa shape index (κ3) is 2.96. The lowest BCUT2D eigenvalue weighted by molar-refractivity contribution is -0.152. The number of carbonyl (C=O) groups excluding carboxylic acids is 3. The van der Waals surface area contributed by atoms with Gasteiger partial charge in [-0.25, -0.2) is 0 Å². The van der Waals surface area contributed by atoms with Gasteiger partial charge in [-0.1, -0.05) is 24.6 Å². The molecule has 0 aliphatic heterocycles. The Bertz CT molecular complexity index is 865. The molecule has 2 fully saturated rings. The molecule has 0 amide bonds. The number of nitrogens with one attached hydrogen (secondary N) is 1. The minimum atomic E-state index is -0.333. The molecule has 2 aromatic rings. The second-order valence-electron chi connectivity index (χ2n) is 7.60. The van der Waals surface area contributed by atoms with E-state index >= 15 is 0 Å². The van der Waals surface area contributed by atoms with Crippen molar-refractivity contribution >= 4 is 28.4 Å². The topological polar surface area (TPSA) is 76.2 Å². The van der Waals surface area contributed by atoms with E-state index in [1.165, 1.54) is 0 Å². The minimum absolute atomic E-state index is 0.00612. The maximum atomic E-state index is 12.6. The van der Waals surface area contributed by atoms with Crippen molar-refractivity contribution in [3.63, 3.8) is 0 Å². The van der Waals surface area contributed by atoms with E-state index < -0.39 is 0 Å². The molecule has 2 bridgehead atoms. The highest BCUT2D eigenvalue weighted by Crippen LogP contribution is 2.40. The Morgan fingerprint density at radius 1 is 1.15 bits per heavy atom.